The van der Waals surface area contributed by atoms with E-state index in [1.807, 2.05) is 30.3 Å². The molecular formula is C31H36N5O3S2+. The number of aromatic nitrogens is 2. The molecule has 2 heterocycles. The van der Waals surface area contributed by atoms with Crippen molar-refractivity contribution in [3.05, 3.63) is 78.9 Å². The summed E-state index contributed by atoms with van der Waals surface area (Å²) in [5.74, 6) is -0.133. The Bertz CT molecular complexity index is 1610. The zero-order valence-corrected chi connectivity index (χ0v) is 24.7. The number of para-hydroxylation sites is 4. The van der Waals surface area contributed by atoms with Crippen molar-refractivity contribution in [3.63, 3.8) is 0 Å². The van der Waals surface area contributed by atoms with Crippen LogP contribution in [0.25, 0.3) is 11.0 Å². The monoisotopic (exact) mass is 590 g/mol. The van der Waals surface area contributed by atoms with Crippen molar-refractivity contribution in [2.45, 2.75) is 48.2 Å². The van der Waals surface area contributed by atoms with E-state index in [1.165, 1.54) is 47.8 Å². The Kier molecular flexibility index (Phi) is 8.32. The molecule has 0 atom stereocenters. The topological polar surface area (TPSA) is 89.4 Å². The average molecular weight is 591 g/mol. The van der Waals surface area contributed by atoms with E-state index in [1.54, 1.807) is 42.5 Å². The lowest BCUT2D eigenvalue weighted by Crippen LogP contribution is -2.51. The van der Waals surface area contributed by atoms with Gasteiger partial charge >= 0.3 is 15.2 Å². The summed E-state index contributed by atoms with van der Waals surface area (Å²) < 4.78 is 28.6. The molecule has 2 aliphatic rings. The van der Waals surface area contributed by atoms with Crippen LogP contribution in [0.4, 0.5) is 11.4 Å². The summed E-state index contributed by atoms with van der Waals surface area (Å²) >= 11 is 1.18. The maximum atomic E-state index is 13.6. The van der Waals surface area contributed by atoms with Gasteiger partial charge in [0.15, 0.2) is 11.0 Å². The van der Waals surface area contributed by atoms with Crippen LogP contribution in [0, 0.1) is 0 Å². The van der Waals surface area contributed by atoms with Gasteiger partial charge in [-0.15, -0.1) is 3.97 Å². The third-order valence-corrected chi connectivity index (χ3v) is 10.9. The Hall–Kier alpha value is -3.34. The molecule has 41 heavy (non-hydrogen) atoms. The minimum atomic E-state index is -3.87. The number of imidazole rings is 1. The van der Waals surface area contributed by atoms with Crippen molar-refractivity contribution in [2.75, 3.05) is 42.1 Å². The van der Waals surface area contributed by atoms with Gasteiger partial charge in [0.05, 0.1) is 17.1 Å². The van der Waals surface area contributed by atoms with Gasteiger partial charge in [-0.3, -0.25) is 9.69 Å². The predicted molar refractivity (Wildman–Crippen MR) is 164 cm³/mol. The van der Waals surface area contributed by atoms with Gasteiger partial charge in [0, 0.05) is 32.2 Å². The number of amides is 1. The highest BCUT2D eigenvalue weighted by molar-refractivity contribution is 8.00. The van der Waals surface area contributed by atoms with Gasteiger partial charge < -0.3 is 10.2 Å². The van der Waals surface area contributed by atoms with Crippen LogP contribution in [0.1, 0.15) is 32.1 Å². The molecule has 1 saturated heterocycles. The number of nitrogens with one attached hydrogen (secondary N) is 2. The van der Waals surface area contributed by atoms with Crippen LogP contribution in [-0.2, 0) is 14.8 Å². The summed E-state index contributed by atoms with van der Waals surface area (Å²) in [6.45, 7) is 3.95. The number of nitrogens with zero attached hydrogens (tertiary/aromatic N) is 3. The molecule has 6 rings (SSSR count). The number of piperazine rings is 1. The van der Waals surface area contributed by atoms with Gasteiger partial charge in [-0.2, -0.15) is 8.42 Å². The third kappa shape index (κ3) is 6.00. The highest BCUT2D eigenvalue weighted by Gasteiger charge is 2.32. The van der Waals surface area contributed by atoms with Gasteiger partial charge in [0.25, 0.3) is 0 Å². The molecule has 8 nitrogen and oxygen atoms in total. The van der Waals surface area contributed by atoms with Crippen LogP contribution >= 0.6 is 11.8 Å². The van der Waals surface area contributed by atoms with Crippen LogP contribution in [0.3, 0.4) is 0 Å². The molecule has 2 fully saturated rings. The lowest BCUT2D eigenvalue weighted by molar-refractivity contribution is -0.526. The SMILES string of the molecule is O=C(CSc1[nH]c2ccccc2[n+]1S(=O)(=O)c1ccccc1)Nc1ccccc1N1CCN(C2CCCCC2)CC1. The van der Waals surface area contributed by atoms with Gasteiger partial charge in [0.1, 0.15) is 4.90 Å². The quantitative estimate of drug-likeness (QED) is 0.225. The maximum Gasteiger partial charge on any atom is 0.336 e. The number of thioether (sulfide) groups is 1. The van der Waals surface area contributed by atoms with E-state index in [0.29, 0.717) is 16.2 Å². The molecule has 0 bridgehead atoms. The average Bonchev–Trinajstić information content (AvgIpc) is 3.41. The van der Waals surface area contributed by atoms with E-state index in [-0.39, 0.29) is 16.6 Å². The Labute approximate surface area is 245 Å². The first-order valence-corrected chi connectivity index (χ1v) is 16.8. The molecule has 4 aromatic rings. The van der Waals surface area contributed by atoms with Crippen LogP contribution in [0.15, 0.2) is 88.9 Å². The van der Waals surface area contributed by atoms with Crippen LogP contribution in [-0.4, -0.2) is 62.2 Å². The van der Waals surface area contributed by atoms with E-state index in [0.717, 1.165) is 43.6 Å². The molecule has 1 aliphatic carbocycles. The lowest BCUT2D eigenvalue weighted by atomic mass is 9.94. The molecule has 1 aromatic heterocycles. The van der Waals surface area contributed by atoms with Gasteiger partial charge in [-0.25, -0.2) is 4.98 Å². The summed E-state index contributed by atoms with van der Waals surface area (Å²) in [7, 11) is -3.87. The van der Waals surface area contributed by atoms with Crippen molar-refractivity contribution in [1.29, 1.82) is 0 Å². The summed E-state index contributed by atoms with van der Waals surface area (Å²) in [6.07, 6.45) is 6.68. The Morgan fingerprint density at radius 2 is 1.56 bits per heavy atom. The largest absolute Gasteiger partial charge is 0.367 e. The van der Waals surface area contributed by atoms with Crippen molar-refractivity contribution in [2.24, 2.45) is 0 Å². The highest BCUT2D eigenvalue weighted by Crippen LogP contribution is 2.29. The number of carbonyl (C=O) groups is 1. The van der Waals surface area contributed by atoms with Crippen LogP contribution in [0.2, 0.25) is 0 Å². The van der Waals surface area contributed by atoms with Gasteiger partial charge in [-0.05, 0) is 61.0 Å². The molecular weight excluding hydrogens is 555 g/mol. The van der Waals surface area contributed by atoms with Crippen molar-refractivity contribution >= 4 is 50.1 Å². The van der Waals surface area contributed by atoms with E-state index in [9.17, 15) is 13.2 Å². The van der Waals surface area contributed by atoms with E-state index < -0.39 is 10.0 Å². The number of H-pyrrole nitrogens is 1. The fourth-order valence-corrected chi connectivity index (χ4v) is 8.60. The zero-order chi connectivity index (χ0) is 28.2. The van der Waals surface area contributed by atoms with Crippen molar-refractivity contribution in [3.8, 4) is 0 Å². The molecule has 0 unspecified atom stereocenters. The number of rotatable bonds is 8. The second-order valence-corrected chi connectivity index (χ2v) is 13.4. The normalized spacial score (nSPS) is 17.1. The van der Waals surface area contributed by atoms with Crippen molar-refractivity contribution in [1.82, 2.24) is 9.88 Å². The van der Waals surface area contributed by atoms with E-state index in [4.69, 9.17) is 0 Å². The van der Waals surface area contributed by atoms with Gasteiger partial charge in [0.2, 0.25) is 5.91 Å². The van der Waals surface area contributed by atoms with Crippen molar-refractivity contribution < 1.29 is 17.2 Å². The Morgan fingerprint density at radius 1 is 0.878 bits per heavy atom. The van der Waals surface area contributed by atoms with Crippen LogP contribution < -0.4 is 14.2 Å². The minimum Gasteiger partial charge on any atom is -0.367 e. The number of hydrogen-bond donors (Lipinski definition) is 2. The predicted octanol–water partition coefficient (Wildman–Crippen LogP) is 4.88. The third-order valence-electron chi connectivity index (χ3n) is 8.09. The van der Waals surface area contributed by atoms with E-state index in [2.05, 4.69) is 26.2 Å². The number of anilines is 2. The maximum absolute atomic E-state index is 13.6. The molecule has 0 spiro atoms. The second kappa shape index (κ2) is 12.3. The summed E-state index contributed by atoms with van der Waals surface area (Å²) in [5.41, 5.74) is 3.04. The number of fused-ring (bicyclic) bond motifs is 1. The van der Waals surface area contributed by atoms with Crippen LogP contribution in [0.5, 0.6) is 0 Å². The minimum absolute atomic E-state index is 0.0565. The fraction of sp³-hybridized carbons (Fsp3) is 0.355. The second-order valence-electron chi connectivity index (χ2n) is 10.7. The van der Waals surface area contributed by atoms with Gasteiger partial charge in [-0.1, -0.05) is 61.7 Å². The first kappa shape index (κ1) is 27.8. The number of benzene rings is 3. The van der Waals surface area contributed by atoms with E-state index >= 15 is 0 Å². The standard InChI is InChI=1S/C31H35N5O3S2/c37-30(32-26-15-7-9-17-28(26)35-21-19-34(20-22-35)24-11-3-1-4-12-24)23-40-31-33-27-16-8-10-18-29(27)36(31)41(38,39)25-13-5-2-6-14-25/h2,5-10,13-18,24H,1,3-4,11-12,19-23H2,(H,32,37)/p+1. The molecule has 0 radical (unpaired) electrons. The smallest absolute Gasteiger partial charge is 0.336 e. The molecule has 1 amide bonds. The highest BCUT2D eigenvalue weighted by atomic mass is 32.2. The molecule has 1 aliphatic heterocycles. The molecule has 214 valence electrons. The lowest BCUT2D eigenvalue weighted by Gasteiger charge is -2.42. The first-order valence-electron chi connectivity index (χ1n) is 14.3. The Morgan fingerprint density at radius 3 is 2.34 bits per heavy atom. The fourth-order valence-electron chi connectivity index (χ4n) is 6.01. The first-order chi connectivity index (χ1) is 20.0. The molecule has 10 heteroatoms. The molecule has 1 saturated carbocycles. The molecule has 3 aromatic carbocycles. The Balaban J connectivity index is 1.15. The summed E-state index contributed by atoms with van der Waals surface area (Å²) in [6, 6.07) is 24.3. The summed E-state index contributed by atoms with van der Waals surface area (Å²) in [4.78, 5) is 21.6. The molecule has 2 N–H and O–H groups in total. The number of carbonyl (C=O) groups excluding carboxylic acids is 1. The summed E-state index contributed by atoms with van der Waals surface area (Å²) in [5, 5.41) is 3.48. The number of hydrogen-bond acceptors (Lipinski definition) is 6. The number of aromatic amines is 1. The zero-order valence-electron chi connectivity index (χ0n) is 23.0.